The number of hydrogen-bond acceptors (Lipinski definition) is 3. The molecule has 0 heterocycles. The predicted octanol–water partition coefficient (Wildman–Crippen LogP) is 5.05. The van der Waals surface area contributed by atoms with Crippen LogP contribution in [0.5, 0.6) is 5.75 Å². The number of halogens is 1. The Balaban J connectivity index is 1.72. The van der Waals surface area contributed by atoms with Gasteiger partial charge in [-0.25, -0.2) is 4.39 Å². The normalized spacial score (nSPS) is 10.6. The van der Waals surface area contributed by atoms with E-state index in [0.29, 0.717) is 11.4 Å². The minimum atomic E-state index is -0.446. The number of methoxy groups -OCH3 is 1. The van der Waals surface area contributed by atoms with Crippen molar-refractivity contribution in [2.24, 2.45) is 0 Å². The van der Waals surface area contributed by atoms with Gasteiger partial charge in [-0.15, -0.1) is 0 Å². The third-order valence-electron chi connectivity index (χ3n) is 4.42. The minimum absolute atomic E-state index is 0.271. The van der Waals surface area contributed by atoms with E-state index in [1.807, 2.05) is 12.1 Å². The summed E-state index contributed by atoms with van der Waals surface area (Å²) in [5.74, 6) is -0.544. The van der Waals surface area contributed by atoms with Gasteiger partial charge in [0, 0.05) is 11.8 Å². The Labute approximate surface area is 174 Å². The Hall–Kier alpha value is -3.93. The number of rotatable bonds is 6. The quantitative estimate of drug-likeness (QED) is 0.565. The zero-order valence-electron chi connectivity index (χ0n) is 16.6. The van der Waals surface area contributed by atoms with Crippen molar-refractivity contribution in [3.8, 4) is 5.75 Å². The molecule has 3 aromatic carbocycles. The van der Waals surface area contributed by atoms with Crippen molar-refractivity contribution in [3.05, 3.63) is 95.3 Å². The largest absolute Gasteiger partial charge is 0.497 e. The van der Waals surface area contributed by atoms with Crippen LogP contribution in [-0.2, 0) is 4.79 Å². The van der Waals surface area contributed by atoms with E-state index in [1.54, 1.807) is 62.6 Å². The number of para-hydroxylation sites is 1. The highest BCUT2D eigenvalue weighted by atomic mass is 19.1. The smallest absolute Gasteiger partial charge is 0.257 e. The lowest BCUT2D eigenvalue weighted by molar-refractivity contribution is -0.111. The van der Waals surface area contributed by atoms with Crippen LogP contribution < -0.4 is 15.4 Å². The summed E-state index contributed by atoms with van der Waals surface area (Å²) in [4.78, 5) is 25.0. The number of benzene rings is 3. The summed E-state index contributed by atoms with van der Waals surface area (Å²) in [5, 5.41) is 5.40. The minimum Gasteiger partial charge on any atom is -0.497 e. The monoisotopic (exact) mass is 404 g/mol. The van der Waals surface area contributed by atoms with Gasteiger partial charge in [-0.05, 0) is 60.5 Å². The maximum atomic E-state index is 13.5. The van der Waals surface area contributed by atoms with Gasteiger partial charge in [0.25, 0.3) is 5.91 Å². The fraction of sp³-hybridized carbons (Fsp3) is 0.0833. The van der Waals surface area contributed by atoms with E-state index in [0.717, 1.165) is 16.9 Å². The molecule has 0 unspecified atom stereocenters. The van der Waals surface area contributed by atoms with Gasteiger partial charge in [-0.3, -0.25) is 9.59 Å². The Morgan fingerprint density at radius 3 is 2.40 bits per heavy atom. The van der Waals surface area contributed by atoms with Crippen molar-refractivity contribution >= 4 is 29.3 Å². The standard InChI is InChI=1S/C24H21FN2O3/c1-16-7-11-18(25)15-22(16)27-24(29)20-5-3-4-6-21(20)26-23(28)14-10-17-8-12-19(30-2)13-9-17/h3-15H,1-2H3,(H,26,28)(H,27,29)/b14-10+. The molecule has 0 aliphatic carbocycles. The van der Waals surface area contributed by atoms with Crippen LogP contribution in [0.2, 0.25) is 0 Å². The molecular weight excluding hydrogens is 383 g/mol. The zero-order valence-corrected chi connectivity index (χ0v) is 16.6. The molecule has 6 heteroatoms. The van der Waals surface area contributed by atoms with E-state index in [2.05, 4.69) is 10.6 Å². The highest BCUT2D eigenvalue weighted by molar-refractivity contribution is 6.12. The molecule has 2 N–H and O–H groups in total. The van der Waals surface area contributed by atoms with E-state index in [4.69, 9.17) is 4.74 Å². The van der Waals surface area contributed by atoms with Gasteiger partial charge in [0.2, 0.25) is 5.91 Å². The van der Waals surface area contributed by atoms with Crippen molar-refractivity contribution in [3.63, 3.8) is 0 Å². The Kier molecular flexibility index (Phi) is 6.60. The summed E-state index contributed by atoms with van der Waals surface area (Å²) in [6, 6.07) is 18.0. The molecule has 0 spiro atoms. The Bertz CT molecular complexity index is 1090. The first-order chi connectivity index (χ1) is 14.5. The molecule has 0 aromatic heterocycles. The number of aryl methyl sites for hydroxylation is 1. The molecule has 0 aliphatic rings. The fourth-order valence-electron chi connectivity index (χ4n) is 2.77. The van der Waals surface area contributed by atoms with Crippen molar-refractivity contribution in [2.45, 2.75) is 6.92 Å². The highest BCUT2D eigenvalue weighted by Crippen LogP contribution is 2.21. The number of carbonyl (C=O) groups excluding carboxylic acids is 2. The maximum absolute atomic E-state index is 13.5. The fourth-order valence-corrected chi connectivity index (χ4v) is 2.77. The second kappa shape index (κ2) is 9.52. The topological polar surface area (TPSA) is 67.4 Å². The van der Waals surface area contributed by atoms with Crippen LogP contribution in [0.25, 0.3) is 6.08 Å². The van der Waals surface area contributed by atoms with Gasteiger partial charge in [-0.2, -0.15) is 0 Å². The summed E-state index contributed by atoms with van der Waals surface area (Å²) >= 11 is 0. The molecule has 3 rings (SSSR count). The molecule has 0 aliphatic heterocycles. The first-order valence-corrected chi connectivity index (χ1v) is 9.26. The Morgan fingerprint density at radius 2 is 1.67 bits per heavy atom. The third-order valence-corrected chi connectivity index (χ3v) is 4.42. The lowest BCUT2D eigenvalue weighted by Crippen LogP contribution is -2.17. The molecule has 0 saturated carbocycles. The molecular formula is C24H21FN2O3. The molecule has 5 nitrogen and oxygen atoms in total. The lowest BCUT2D eigenvalue weighted by Gasteiger charge is -2.12. The van der Waals surface area contributed by atoms with Gasteiger partial charge in [-0.1, -0.05) is 30.3 Å². The maximum Gasteiger partial charge on any atom is 0.257 e. The van der Waals surface area contributed by atoms with E-state index >= 15 is 0 Å². The molecule has 3 aromatic rings. The number of nitrogens with one attached hydrogen (secondary N) is 2. The molecule has 2 amide bonds. The van der Waals surface area contributed by atoms with Gasteiger partial charge >= 0.3 is 0 Å². The second-order valence-electron chi connectivity index (χ2n) is 6.55. The molecule has 0 saturated heterocycles. The SMILES string of the molecule is COc1ccc(/C=C/C(=O)Nc2ccccc2C(=O)Nc2cc(F)ccc2C)cc1. The predicted molar refractivity (Wildman–Crippen MR) is 116 cm³/mol. The van der Waals surface area contributed by atoms with Crippen LogP contribution in [0.15, 0.2) is 72.8 Å². The summed E-state index contributed by atoms with van der Waals surface area (Å²) in [5.41, 5.74) is 2.56. The van der Waals surface area contributed by atoms with E-state index in [-0.39, 0.29) is 11.5 Å². The van der Waals surface area contributed by atoms with Gasteiger partial charge in [0.15, 0.2) is 0 Å². The van der Waals surface area contributed by atoms with Gasteiger partial charge in [0.1, 0.15) is 11.6 Å². The number of carbonyl (C=O) groups is 2. The molecule has 0 fully saturated rings. The van der Waals surface area contributed by atoms with E-state index in [1.165, 1.54) is 18.2 Å². The van der Waals surface area contributed by atoms with E-state index < -0.39 is 11.7 Å². The number of amides is 2. The molecule has 30 heavy (non-hydrogen) atoms. The second-order valence-corrected chi connectivity index (χ2v) is 6.55. The van der Waals surface area contributed by atoms with Gasteiger partial charge in [0.05, 0.1) is 18.4 Å². The molecule has 0 radical (unpaired) electrons. The number of hydrogen-bond donors (Lipinski definition) is 2. The van der Waals surface area contributed by atoms with Crippen molar-refractivity contribution in [2.75, 3.05) is 17.7 Å². The average Bonchev–Trinajstić information content (AvgIpc) is 2.75. The zero-order chi connectivity index (χ0) is 21.5. The first kappa shape index (κ1) is 20.8. The highest BCUT2D eigenvalue weighted by Gasteiger charge is 2.14. The Morgan fingerprint density at radius 1 is 0.933 bits per heavy atom. The van der Waals surface area contributed by atoms with Crippen LogP contribution in [-0.4, -0.2) is 18.9 Å². The average molecular weight is 404 g/mol. The summed E-state index contributed by atoms with van der Waals surface area (Å²) in [6.45, 7) is 1.77. The van der Waals surface area contributed by atoms with Crippen LogP contribution >= 0.6 is 0 Å². The van der Waals surface area contributed by atoms with Crippen molar-refractivity contribution < 1.29 is 18.7 Å². The molecule has 0 atom stereocenters. The van der Waals surface area contributed by atoms with E-state index in [9.17, 15) is 14.0 Å². The van der Waals surface area contributed by atoms with Gasteiger partial charge < -0.3 is 15.4 Å². The summed E-state index contributed by atoms with van der Waals surface area (Å²) in [6.07, 6.45) is 3.04. The third kappa shape index (κ3) is 5.32. The summed E-state index contributed by atoms with van der Waals surface area (Å²) < 4.78 is 18.6. The van der Waals surface area contributed by atoms with Crippen LogP contribution in [0.3, 0.4) is 0 Å². The molecule has 0 bridgehead atoms. The van der Waals surface area contributed by atoms with Crippen molar-refractivity contribution in [1.82, 2.24) is 0 Å². The van der Waals surface area contributed by atoms with Crippen LogP contribution in [0.4, 0.5) is 15.8 Å². The molecule has 152 valence electrons. The van der Waals surface area contributed by atoms with Crippen molar-refractivity contribution in [1.29, 1.82) is 0 Å². The van der Waals surface area contributed by atoms with Crippen LogP contribution in [0, 0.1) is 12.7 Å². The number of anilines is 2. The van der Waals surface area contributed by atoms with Crippen LogP contribution in [0.1, 0.15) is 21.5 Å². The first-order valence-electron chi connectivity index (χ1n) is 9.26. The summed E-state index contributed by atoms with van der Waals surface area (Å²) in [7, 11) is 1.58. The number of ether oxygens (including phenoxy) is 1. The lowest BCUT2D eigenvalue weighted by atomic mass is 10.1.